The van der Waals surface area contributed by atoms with E-state index in [4.69, 9.17) is 15.7 Å². The number of carbonyl (C=O) groups excluding carboxylic acids is 3. The molecule has 4 aliphatic rings. The molecule has 6 rings (SSSR count). The predicted octanol–water partition coefficient (Wildman–Crippen LogP) is 1.28. The van der Waals surface area contributed by atoms with Crippen molar-refractivity contribution >= 4 is 69.4 Å². The summed E-state index contributed by atoms with van der Waals surface area (Å²) in [5.41, 5.74) is 5.41. The molecule has 0 bridgehead atoms. The summed E-state index contributed by atoms with van der Waals surface area (Å²) in [6, 6.07) is 1.78. The average Bonchev–Trinajstić information content (AvgIpc) is 3.74. The zero-order valence-corrected chi connectivity index (χ0v) is 30.2. The number of fused-ring (bicyclic) bond motifs is 2. The van der Waals surface area contributed by atoms with Gasteiger partial charge in [-0.05, 0) is 19.1 Å². The summed E-state index contributed by atoms with van der Waals surface area (Å²) in [4.78, 5) is 87.8. The number of aromatic nitrogens is 1. The number of anilines is 1. The molecule has 0 unspecified atom stereocenters. The first-order valence-electron chi connectivity index (χ1n) is 16.8. The lowest BCUT2D eigenvalue weighted by Crippen LogP contribution is -2.66. The number of Topliss-reactive ketones (excluding diaryl/α,β-unsaturated/α-hetero) is 1. The van der Waals surface area contributed by atoms with Crippen LogP contribution in [-0.4, -0.2) is 142 Å². The van der Waals surface area contributed by atoms with Gasteiger partial charge < -0.3 is 45.5 Å². The normalized spacial score (nSPS) is 25.7. The van der Waals surface area contributed by atoms with E-state index < -0.39 is 94.0 Å². The van der Waals surface area contributed by atoms with Crippen LogP contribution in [0.3, 0.4) is 0 Å². The Kier molecular flexibility index (Phi) is 10.6. The number of aromatic hydroxyl groups is 2. The smallest absolute Gasteiger partial charge is 0.352 e. The van der Waals surface area contributed by atoms with E-state index in [0.29, 0.717) is 23.1 Å². The number of aliphatic carboxylic acids is 3. The number of thiazole rings is 1. The number of amides is 2. The summed E-state index contributed by atoms with van der Waals surface area (Å²) in [5.74, 6) is -10.2. The van der Waals surface area contributed by atoms with E-state index in [1.54, 1.807) is 4.90 Å². The van der Waals surface area contributed by atoms with Crippen molar-refractivity contribution in [1.82, 2.24) is 14.8 Å². The van der Waals surface area contributed by atoms with Crippen LogP contribution in [0.15, 0.2) is 33.9 Å². The molecule has 7 N–H and O–H groups in total. The number of nitrogens with zero attached hydrogens (tertiary/aromatic N) is 5. The Hall–Kier alpha value is -5.28. The van der Waals surface area contributed by atoms with E-state index in [9.17, 15) is 53.6 Å². The van der Waals surface area contributed by atoms with Crippen LogP contribution >= 0.6 is 23.1 Å². The maximum absolute atomic E-state index is 14.1. The van der Waals surface area contributed by atoms with Crippen molar-refractivity contribution in [2.24, 2.45) is 11.1 Å². The van der Waals surface area contributed by atoms with Crippen LogP contribution in [0.5, 0.6) is 11.5 Å². The van der Waals surface area contributed by atoms with Crippen LogP contribution < -0.4 is 5.73 Å². The number of β-lactam (4-membered cyclic amide) rings is 1. The average molecular weight is 792 g/mol. The molecule has 4 aliphatic heterocycles. The van der Waals surface area contributed by atoms with Crippen LogP contribution in [0, 0.1) is 11.7 Å². The lowest BCUT2D eigenvalue weighted by atomic mass is 9.88. The number of nitrogens with two attached hydrogens (primary N) is 1. The Morgan fingerprint density at radius 2 is 1.91 bits per heavy atom. The van der Waals surface area contributed by atoms with E-state index in [2.05, 4.69) is 10.1 Å². The van der Waals surface area contributed by atoms with E-state index in [1.807, 2.05) is 6.92 Å². The fourth-order valence-corrected chi connectivity index (χ4v) is 9.64. The van der Waals surface area contributed by atoms with Gasteiger partial charge >= 0.3 is 17.9 Å². The Labute approximate surface area is 313 Å². The van der Waals surface area contributed by atoms with Crippen molar-refractivity contribution in [3.05, 3.63) is 45.9 Å². The molecule has 0 saturated carbocycles. The number of benzene rings is 1. The number of piperazine rings is 1. The van der Waals surface area contributed by atoms with Gasteiger partial charge in [0.2, 0.25) is 12.0 Å². The van der Waals surface area contributed by atoms with Gasteiger partial charge in [-0.3, -0.25) is 24.1 Å². The van der Waals surface area contributed by atoms with Crippen molar-refractivity contribution in [2.75, 3.05) is 38.5 Å². The number of hydrogen-bond acceptors (Lipinski definition) is 14. The monoisotopic (exact) mass is 791 g/mol. The molecular weight excluding hydrogens is 756 g/mol. The molecule has 5 heterocycles. The van der Waals surface area contributed by atoms with E-state index in [0.717, 1.165) is 36.3 Å². The molecule has 1 aromatic heterocycles. The Morgan fingerprint density at radius 3 is 2.54 bits per heavy atom. The highest BCUT2D eigenvalue weighted by Gasteiger charge is 2.57. The van der Waals surface area contributed by atoms with Gasteiger partial charge in [-0.1, -0.05) is 5.16 Å². The number of carboxylic acid groups (broad SMARTS) is 3. The number of rotatable bonds is 13. The lowest BCUT2D eigenvalue weighted by molar-refractivity contribution is -0.938. The third-order valence-electron chi connectivity index (χ3n) is 10.3. The fraction of sp³-hybridized carbons (Fsp3) is 0.455. The van der Waals surface area contributed by atoms with Crippen molar-refractivity contribution in [3.8, 4) is 11.5 Å². The third-order valence-corrected chi connectivity index (χ3v) is 12.5. The molecule has 2 aromatic rings. The predicted molar refractivity (Wildman–Crippen MR) is 187 cm³/mol. The van der Waals surface area contributed by atoms with Crippen LogP contribution in [-0.2, 0) is 28.8 Å². The van der Waals surface area contributed by atoms with E-state index in [-0.39, 0.29) is 47.8 Å². The lowest BCUT2D eigenvalue weighted by Gasteiger charge is -2.53. The zero-order chi connectivity index (χ0) is 39.2. The number of halogens is 1. The molecule has 288 valence electrons. The highest BCUT2D eigenvalue weighted by Crippen LogP contribution is 2.49. The van der Waals surface area contributed by atoms with Crippen LogP contribution in [0.25, 0.3) is 0 Å². The molecule has 0 spiro atoms. The second kappa shape index (κ2) is 14.9. The van der Waals surface area contributed by atoms with Crippen molar-refractivity contribution in [1.29, 1.82) is 0 Å². The van der Waals surface area contributed by atoms with Crippen molar-refractivity contribution < 1.29 is 68.0 Å². The number of carbonyl (C=O) groups is 6. The number of hydrogen-bond donors (Lipinski definition) is 6. The van der Waals surface area contributed by atoms with Gasteiger partial charge in [0, 0.05) is 41.0 Å². The van der Waals surface area contributed by atoms with Gasteiger partial charge in [0.1, 0.15) is 24.0 Å². The maximum atomic E-state index is 14.1. The molecule has 54 heavy (non-hydrogen) atoms. The molecule has 3 saturated heterocycles. The van der Waals surface area contributed by atoms with Gasteiger partial charge in [0.15, 0.2) is 33.9 Å². The number of phenols is 2. The van der Waals surface area contributed by atoms with Gasteiger partial charge in [-0.25, -0.2) is 19.0 Å². The van der Waals surface area contributed by atoms with Gasteiger partial charge in [-0.2, -0.15) is 0 Å². The van der Waals surface area contributed by atoms with Crippen LogP contribution in [0.4, 0.5) is 9.52 Å². The number of oxime groups is 1. The van der Waals surface area contributed by atoms with Crippen molar-refractivity contribution in [2.45, 2.75) is 55.4 Å². The van der Waals surface area contributed by atoms with Gasteiger partial charge in [-0.15, -0.1) is 23.1 Å². The highest BCUT2D eigenvalue weighted by atomic mass is 32.2. The molecule has 3 fully saturated rings. The molecule has 2 amide bonds. The minimum absolute atomic E-state index is 0.0461. The molecule has 6 atom stereocenters. The van der Waals surface area contributed by atoms with Gasteiger partial charge in [0.25, 0.3) is 5.91 Å². The zero-order valence-electron chi connectivity index (χ0n) is 28.6. The fourth-order valence-electron chi connectivity index (χ4n) is 7.59. The first-order valence-corrected chi connectivity index (χ1v) is 18.6. The molecule has 18 nitrogen and oxygen atoms in total. The number of ketones is 1. The Bertz CT molecular complexity index is 1980. The highest BCUT2D eigenvalue weighted by molar-refractivity contribution is 8.00. The summed E-state index contributed by atoms with van der Waals surface area (Å²) in [6.45, 7) is 3.81. The van der Waals surface area contributed by atoms with Gasteiger partial charge in [0.05, 0.1) is 43.9 Å². The SMILES string of the molecule is C[C@@H]1S[C@@H]2[C@H](CC(=O)/C(=N\O[C@@H](CC(=O)O)C(=O)O)c3csc(N)n3)C(=O)N2C(C(=O)O)=C1C[N@+]12CCC[C@H]1CN(C(=O)c1cc(O)c(O)c(F)c1)CC2. The molecular formula is C33H36FN6O12S2+. The third kappa shape index (κ3) is 7.17. The summed E-state index contributed by atoms with van der Waals surface area (Å²) >= 11 is 2.27. The second-order valence-electron chi connectivity index (χ2n) is 13.5. The van der Waals surface area contributed by atoms with Crippen LogP contribution in [0.1, 0.15) is 48.7 Å². The maximum Gasteiger partial charge on any atom is 0.352 e. The van der Waals surface area contributed by atoms with E-state index in [1.165, 1.54) is 22.0 Å². The first-order chi connectivity index (χ1) is 25.5. The largest absolute Gasteiger partial charge is 0.504 e. The Morgan fingerprint density at radius 1 is 1.17 bits per heavy atom. The minimum Gasteiger partial charge on any atom is -0.504 e. The second-order valence-corrected chi connectivity index (χ2v) is 15.9. The number of quaternary nitrogens is 1. The molecule has 21 heteroatoms. The summed E-state index contributed by atoms with van der Waals surface area (Å²) in [6.07, 6.45) is -1.82. The summed E-state index contributed by atoms with van der Waals surface area (Å²) < 4.78 is 14.6. The van der Waals surface area contributed by atoms with Crippen molar-refractivity contribution in [3.63, 3.8) is 0 Å². The summed E-state index contributed by atoms with van der Waals surface area (Å²) in [7, 11) is 0. The quantitative estimate of drug-likeness (QED) is 0.0548. The number of carboxylic acids is 3. The topological polar surface area (TPSA) is 271 Å². The van der Waals surface area contributed by atoms with E-state index >= 15 is 0 Å². The van der Waals surface area contributed by atoms with Crippen LogP contribution in [0.2, 0.25) is 0 Å². The molecule has 1 aromatic carbocycles. The molecule has 0 aliphatic carbocycles. The number of nitrogen functional groups attached to an aromatic ring is 1. The number of thioether (sulfide) groups is 1. The Balaban J connectivity index is 1.20. The first kappa shape index (κ1) is 38.4. The number of phenolic OH excluding ortho intramolecular Hbond substituents is 2. The summed E-state index contributed by atoms with van der Waals surface area (Å²) in [5, 5.41) is 52.2. The standard InChI is InChI=1S/C33H35FN6O12S2/c1-14-18(12-40-5-2-3-16(40)11-38(4-6-40)28(46)15-7-19(34)27(45)22(42)8-15)26(32(50)51)39-29(47)17(30(39)54-14)9-21(41)25(20-13-53-33(35)36-20)37-52-23(31(48)49)10-24(43)44/h7-8,13-14,16-17,23,30H,2-6,9-12H2,1H3,(H6-,35,36,37,41,42,43,44,45,46,48,49,50,51)/p+1/t14-,16-,17+,23-,30+,40+/m0/s1. The minimum atomic E-state index is -1.93. The molecule has 0 radical (unpaired) electrons.